The first-order valence-electron chi connectivity index (χ1n) is 4.00. The van der Waals surface area contributed by atoms with Gasteiger partial charge in [0.15, 0.2) is 0 Å². The van der Waals surface area contributed by atoms with Crippen LogP contribution in [-0.2, 0) is 0 Å². The minimum Gasteiger partial charge on any atom is -0.122 e. The van der Waals surface area contributed by atoms with Crippen LogP contribution >= 0.6 is 11.6 Å². The first kappa shape index (κ1) is 8.13. The number of hydrogen-bond donors (Lipinski definition) is 0. The van der Waals surface area contributed by atoms with Crippen molar-refractivity contribution in [1.82, 2.24) is 0 Å². The van der Waals surface area contributed by atoms with E-state index in [0.29, 0.717) is 11.8 Å². The number of hydrogen-bond acceptors (Lipinski definition) is 0. The lowest BCUT2D eigenvalue weighted by Gasteiger charge is -2.06. The van der Waals surface area contributed by atoms with Crippen LogP contribution in [0.15, 0.2) is 11.6 Å². The van der Waals surface area contributed by atoms with Crippen molar-refractivity contribution in [2.45, 2.75) is 26.7 Å². The maximum Gasteiger partial charge on any atom is 0.0436 e. The SMILES string of the molecule is CC(C)C(=CC1CC1)CCl. The van der Waals surface area contributed by atoms with Gasteiger partial charge in [-0.25, -0.2) is 0 Å². The Balaban J connectivity index is 2.44. The quantitative estimate of drug-likeness (QED) is 0.437. The molecule has 1 fully saturated rings. The zero-order chi connectivity index (χ0) is 7.56. The lowest BCUT2D eigenvalue weighted by Crippen LogP contribution is -1.95. The molecule has 0 nitrogen and oxygen atoms in total. The fraction of sp³-hybridized carbons (Fsp3) is 0.778. The normalized spacial score (nSPS) is 20.2. The second-order valence-corrected chi connectivity index (χ2v) is 3.63. The highest BCUT2D eigenvalue weighted by molar-refractivity contribution is 6.19. The fourth-order valence-electron chi connectivity index (χ4n) is 0.957. The lowest BCUT2D eigenvalue weighted by molar-refractivity contribution is 0.761. The molecule has 0 aliphatic heterocycles. The summed E-state index contributed by atoms with van der Waals surface area (Å²) >= 11 is 5.77. The molecule has 10 heavy (non-hydrogen) atoms. The molecule has 1 aliphatic carbocycles. The standard InChI is InChI=1S/C9H15Cl/c1-7(2)9(6-10)5-8-3-4-8/h5,7-8H,3-4,6H2,1-2H3. The van der Waals surface area contributed by atoms with Crippen molar-refractivity contribution in [2.75, 3.05) is 5.88 Å². The van der Waals surface area contributed by atoms with Gasteiger partial charge < -0.3 is 0 Å². The Bertz CT molecular complexity index is 132. The van der Waals surface area contributed by atoms with E-state index in [-0.39, 0.29) is 0 Å². The van der Waals surface area contributed by atoms with Crippen LogP contribution in [-0.4, -0.2) is 5.88 Å². The predicted octanol–water partition coefficient (Wildman–Crippen LogP) is 3.22. The van der Waals surface area contributed by atoms with Crippen molar-refractivity contribution >= 4 is 11.6 Å². The van der Waals surface area contributed by atoms with E-state index in [0.717, 1.165) is 5.92 Å². The largest absolute Gasteiger partial charge is 0.122 e. The van der Waals surface area contributed by atoms with Crippen LogP contribution in [0.1, 0.15) is 26.7 Å². The second-order valence-electron chi connectivity index (χ2n) is 3.37. The molecule has 0 aromatic carbocycles. The second kappa shape index (κ2) is 3.43. The van der Waals surface area contributed by atoms with E-state index in [1.807, 2.05) is 0 Å². The number of rotatable bonds is 3. The number of alkyl halides is 1. The molecule has 0 aromatic heterocycles. The minimum absolute atomic E-state index is 0.637. The van der Waals surface area contributed by atoms with E-state index in [4.69, 9.17) is 11.6 Å². The summed E-state index contributed by atoms with van der Waals surface area (Å²) in [6.45, 7) is 4.41. The van der Waals surface area contributed by atoms with Gasteiger partial charge >= 0.3 is 0 Å². The minimum atomic E-state index is 0.637. The highest BCUT2D eigenvalue weighted by atomic mass is 35.5. The summed E-state index contributed by atoms with van der Waals surface area (Å²) in [7, 11) is 0. The highest BCUT2D eigenvalue weighted by Crippen LogP contribution is 2.32. The average Bonchev–Trinajstić information content (AvgIpc) is 2.64. The smallest absolute Gasteiger partial charge is 0.0436 e. The molecule has 0 unspecified atom stereocenters. The molecule has 1 saturated carbocycles. The van der Waals surface area contributed by atoms with Crippen LogP contribution in [0.3, 0.4) is 0 Å². The molecular formula is C9H15Cl. The summed E-state index contributed by atoms with van der Waals surface area (Å²) in [6, 6.07) is 0. The van der Waals surface area contributed by atoms with Crippen LogP contribution < -0.4 is 0 Å². The topological polar surface area (TPSA) is 0 Å². The predicted molar refractivity (Wildman–Crippen MR) is 46.4 cm³/mol. The van der Waals surface area contributed by atoms with E-state index in [1.54, 1.807) is 0 Å². The Labute approximate surface area is 68.3 Å². The summed E-state index contributed by atoms with van der Waals surface area (Å²) in [5.41, 5.74) is 1.42. The van der Waals surface area contributed by atoms with Gasteiger partial charge in [0.05, 0.1) is 0 Å². The maximum atomic E-state index is 5.77. The molecule has 0 spiro atoms. The highest BCUT2D eigenvalue weighted by Gasteiger charge is 2.19. The number of halogens is 1. The van der Waals surface area contributed by atoms with Crippen molar-refractivity contribution in [2.24, 2.45) is 11.8 Å². The molecule has 0 saturated heterocycles. The van der Waals surface area contributed by atoms with Crippen LogP contribution in [0.25, 0.3) is 0 Å². The summed E-state index contributed by atoms with van der Waals surface area (Å²) in [6.07, 6.45) is 5.12. The third-order valence-electron chi connectivity index (χ3n) is 1.97. The molecule has 1 aliphatic rings. The molecule has 0 amide bonds. The molecule has 0 bridgehead atoms. The van der Waals surface area contributed by atoms with Crippen molar-refractivity contribution in [3.8, 4) is 0 Å². The van der Waals surface area contributed by atoms with E-state index >= 15 is 0 Å². The van der Waals surface area contributed by atoms with Gasteiger partial charge in [-0.2, -0.15) is 0 Å². The Hall–Kier alpha value is 0.0300. The van der Waals surface area contributed by atoms with Crippen molar-refractivity contribution in [3.63, 3.8) is 0 Å². The zero-order valence-electron chi connectivity index (χ0n) is 6.73. The molecule has 0 aromatic rings. The Morgan fingerprint density at radius 3 is 2.50 bits per heavy atom. The van der Waals surface area contributed by atoms with Crippen LogP contribution in [0.2, 0.25) is 0 Å². The molecule has 0 heterocycles. The van der Waals surface area contributed by atoms with E-state index in [9.17, 15) is 0 Å². The third-order valence-corrected chi connectivity index (χ3v) is 2.28. The van der Waals surface area contributed by atoms with Crippen molar-refractivity contribution in [1.29, 1.82) is 0 Å². The van der Waals surface area contributed by atoms with E-state index in [1.165, 1.54) is 18.4 Å². The Kier molecular flexibility index (Phi) is 2.79. The molecule has 0 atom stereocenters. The lowest BCUT2D eigenvalue weighted by atomic mass is 10.0. The van der Waals surface area contributed by atoms with Gasteiger partial charge in [0.2, 0.25) is 0 Å². The van der Waals surface area contributed by atoms with Gasteiger partial charge in [-0.15, -0.1) is 11.6 Å². The number of allylic oxidation sites excluding steroid dienone is 2. The molecule has 0 radical (unpaired) electrons. The van der Waals surface area contributed by atoms with E-state index in [2.05, 4.69) is 19.9 Å². The van der Waals surface area contributed by atoms with Crippen LogP contribution in [0, 0.1) is 11.8 Å². The Morgan fingerprint density at radius 2 is 2.20 bits per heavy atom. The molecule has 1 heteroatoms. The molecule has 0 N–H and O–H groups in total. The van der Waals surface area contributed by atoms with Gasteiger partial charge in [-0.1, -0.05) is 25.5 Å². The van der Waals surface area contributed by atoms with Gasteiger partial charge in [-0.05, 0) is 24.7 Å². The monoisotopic (exact) mass is 158 g/mol. The molecular weight excluding hydrogens is 144 g/mol. The average molecular weight is 159 g/mol. The van der Waals surface area contributed by atoms with Gasteiger partial charge in [-0.3, -0.25) is 0 Å². The fourth-order valence-corrected chi connectivity index (χ4v) is 1.35. The third kappa shape index (κ3) is 2.34. The zero-order valence-corrected chi connectivity index (χ0v) is 7.49. The van der Waals surface area contributed by atoms with Crippen LogP contribution in [0.5, 0.6) is 0 Å². The van der Waals surface area contributed by atoms with Gasteiger partial charge in [0.25, 0.3) is 0 Å². The molecule has 1 rings (SSSR count). The summed E-state index contributed by atoms with van der Waals surface area (Å²) in [5.74, 6) is 2.22. The molecule has 58 valence electrons. The first-order valence-corrected chi connectivity index (χ1v) is 4.54. The Morgan fingerprint density at radius 1 is 1.60 bits per heavy atom. The summed E-state index contributed by atoms with van der Waals surface area (Å²) in [4.78, 5) is 0. The summed E-state index contributed by atoms with van der Waals surface area (Å²) in [5, 5.41) is 0. The maximum absolute atomic E-state index is 5.77. The van der Waals surface area contributed by atoms with Crippen LogP contribution in [0.4, 0.5) is 0 Å². The van der Waals surface area contributed by atoms with Crippen molar-refractivity contribution < 1.29 is 0 Å². The van der Waals surface area contributed by atoms with E-state index < -0.39 is 0 Å². The summed E-state index contributed by atoms with van der Waals surface area (Å²) < 4.78 is 0. The van der Waals surface area contributed by atoms with Gasteiger partial charge in [0.1, 0.15) is 0 Å². The van der Waals surface area contributed by atoms with Gasteiger partial charge in [0, 0.05) is 5.88 Å². The first-order chi connectivity index (χ1) is 4.74. The van der Waals surface area contributed by atoms with Crippen molar-refractivity contribution in [3.05, 3.63) is 11.6 Å².